The second-order valence-electron chi connectivity index (χ2n) is 4.99. The van der Waals surface area contributed by atoms with E-state index in [9.17, 15) is 0 Å². The third-order valence-electron chi connectivity index (χ3n) is 3.12. The zero-order valence-electron chi connectivity index (χ0n) is 11.8. The summed E-state index contributed by atoms with van der Waals surface area (Å²) >= 11 is 6.07. The van der Waals surface area contributed by atoms with Crippen molar-refractivity contribution in [2.75, 3.05) is 0 Å². The van der Waals surface area contributed by atoms with E-state index in [1.54, 1.807) is 0 Å². The molecule has 0 bridgehead atoms. The van der Waals surface area contributed by atoms with Crippen LogP contribution in [0, 0.1) is 13.8 Å². The van der Waals surface area contributed by atoms with E-state index in [2.05, 4.69) is 34.9 Å². The first kappa shape index (κ1) is 13.7. The minimum atomic E-state index is 0.206. The van der Waals surface area contributed by atoms with Gasteiger partial charge in [-0.3, -0.25) is 0 Å². The summed E-state index contributed by atoms with van der Waals surface area (Å²) in [5.74, 6) is 1.19. The molecule has 0 saturated carbocycles. The molecule has 0 atom stereocenters. The van der Waals surface area contributed by atoms with Crippen molar-refractivity contribution >= 4 is 11.6 Å². The zero-order valence-corrected chi connectivity index (χ0v) is 12.6. The van der Waals surface area contributed by atoms with Crippen LogP contribution in [0.1, 0.15) is 11.1 Å². The van der Waals surface area contributed by atoms with Crippen LogP contribution in [0.2, 0.25) is 5.28 Å². The van der Waals surface area contributed by atoms with E-state index >= 15 is 0 Å². The maximum absolute atomic E-state index is 6.07. The molecule has 0 N–H and O–H groups in total. The third kappa shape index (κ3) is 3.09. The Morgan fingerprint density at radius 3 is 1.90 bits per heavy atom. The maximum Gasteiger partial charge on any atom is 0.226 e. The molecule has 1 aromatic heterocycles. The van der Waals surface area contributed by atoms with E-state index < -0.39 is 0 Å². The van der Waals surface area contributed by atoms with Gasteiger partial charge in [0.25, 0.3) is 0 Å². The standard InChI is InChI=1S/C17H14ClN3/c1-11-8-12(2)10-14(9-11)16-19-15(20-17(18)21-16)13-6-4-3-5-7-13/h3-10H,1-2H3. The Bertz CT molecular complexity index is 765. The Morgan fingerprint density at radius 1 is 0.714 bits per heavy atom. The largest absolute Gasteiger partial charge is 0.226 e. The average molecular weight is 296 g/mol. The summed E-state index contributed by atoms with van der Waals surface area (Å²) in [5.41, 5.74) is 4.21. The second kappa shape index (κ2) is 5.62. The minimum Gasteiger partial charge on any atom is -0.208 e. The molecule has 0 saturated heterocycles. The molecule has 2 aromatic carbocycles. The van der Waals surface area contributed by atoms with Crippen molar-refractivity contribution in [1.29, 1.82) is 0 Å². The van der Waals surface area contributed by atoms with E-state index in [0.29, 0.717) is 11.6 Å². The van der Waals surface area contributed by atoms with Crippen LogP contribution in [0.15, 0.2) is 48.5 Å². The lowest BCUT2D eigenvalue weighted by Crippen LogP contribution is -1.97. The van der Waals surface area contributed by atoms with Gasteiger partial charge in [0.2, 0.25) is 5.28 Å². The fourth-order valence-electron chi connectivity index (χ4n) is 2.30. The lowest BCUT2D eigenvalue weighted by atomic mass is 10.1. The van der Waals surface area contributed by atoms with Crippen LogP contribution in [0.4, 0.5) is 0 Å². The predicted octanol–water partition coefficient (Wildman–Crippen LogP) is 4.48. The monoisotopic (exact) mass is 295 g/mol. The van der Waals surface area contributed by atoms with Gasteiger partial charge in [-0.15, -0.1) is 0 Å². The number of aryl methyl sites for hydroxylation is 2. The zero-order chi connectivity index (χ0) is 14.8. The van der Waals surface area contributed by atoms with Gasteiger partial charge in [-0.05, 0) is 37.6 Å². The van der Waals surface area contributed by atoms with Crippen LogP contribution in [0.3, 0.4) is 0 Å². The fourth-order valence-corrected chi connectivity index (χ4v) is 2.46. The van der Waals surface area contributed by atoms with Gasteiger partial charge in [0.1, 0.15) is 0 Å². The second-order valence-corrected chi connectivity index (χ2v) is 5.33. The molecule has 104 valence electrons. The highest BCUT2D eigenvalue weighted by Gasteiger charge is 2.09. The molecular formula is C17H14ClN3. The molecule has 1 heterocycles. The van der Waals surface area contributed by atoms with Crippen molar-refractivity contribution in [1.82, 2.24) is 15.0 Å². The summed E-state index contributed by atoms with van der Waals surface area (Å²) in [5, 5.41) is 0.206. The van der Waals surface area contributed by atoms with Crippen LogP contribution in [0.5, 0.6) is 0 Å². The van der Waals surface area contributed by atoms with Crippen molar-refractivity contribution in [3.05, 3.63) is 64.9 Å². The van der Waals surface area contributed by atoms with Gasteiger partial charge in [0, 0.05) is 11.1 Å². The maximum atomic E-state index is 6.07. The van der Waals surface area contributed by atoms with Crippen molar-refractivity contribution in [2.24, 2.45) is 0 Å². The van der Waals surface area contributed by atoms with Gasteiger partial charge >= 0.3 is 0 Å². The first-order valence-electron chi connectivity index (χ1n) is 6.67. The minimum absolute atomic E-state index is 0.206. The quantitative estimate of drug-likeness (QED) is 0.700. The smallest absolute Gasteiger partial charge is 0.208 e. The Morgan fingerprint density at radius 2 is 1.29 bits per heavy atom. The van der Waals surface area contributed by atoms with Gasteiger partial charge < -0.3 is 0 Å². The summed E-state index contributed by atoms with van der Waals surface area (Å²) in [7, 11) is 0. The fraction of sp³-hybridized carbons (Fsp3) is 0.118. The van der Waals surface area contributed by atoms with Crippen molar-refractivity contribution < 1.29 is 0 Å². The molecule has 0 spiro atoms. The molecule has 0 unspecified atom stereocenters. The van der Waals surface area contributed by atoms with Crippen LogP contribution in [-0.2, 0) is 0 Å². The van der Waals surface area contributed by atoms with E-state index in [1.807, 2.05) is 42.5 Å². The van der Waals surface area contributed by atoms with E-state index in [-0.39, 0.29) is 5.28 Å². The molecule has 0 radical (unpaired) electrons. The Balaban J connectivity index is 2.14. The summed E-state index contributed by atoms with van der Waals surface area (Å²) in [6.07, 6.45) is 0. The Labute approximate surface area is 128 Å². The van der Waals surface area contributed by atoms with Gasteiger partial charge in [0.05, 0.1) is 0 Å². The Hall–Kier alpha value is -2.26. The first-order chi connectivity index (χ1) is 10.1. The van der Waals surface area contributed by atoms with Crippen molar-refractivity contribution in [3.63, 3.8) is 0 Å². The molecule has 3 aromatic rings. The number of nitrogens with zero attached hydrogens (tertiary/aromatic N) is 3. The number of aromatic nitrogens is 3. The summed E-state index contributed by atoms with van der Waals surface area (Å²) in [4.78, 5) is 13.0. The summed E-state index contributed by atoms with van der Waals surface area (Å²) < 4.78 is 0. The molecule has 0 aliphatic rings. The molecule has 3 rings (SSSR count). The molecular weight excluding hydrogens is 282 g/mol. The molecule has 4 heteroatoms. The van der Waals surface area contributed by atoms with Crippen LogP contribution >= 0.6 is 11.6 Å². The van der Waals surface area contributed by atoms with Gasteiger partial charge in [0.15, 0.2) is 11.6 Å². The number of halogens is 1. The average Bonchev–Trinajstić information content (AvgIpc) is 2.46. The van der Waals surface area contributed by atoms with E-state index in [4.69, 9.17) is 11.6 Å². The topological polar surface area (TPSA) is 38.7 Å². The van der Waals surface area contributed by atoms with E-state index in [1.165, 1.54) is 11.1 Å². The summed E-state index contributed by atoms with van der Waals surface area (Å²) in [6, 6.07) is 16.0. The van der Waals surface area contributed by atoms with Crippen molar-refractivity contribution in [3.8, 4) is 22.8 Å². The van der Waals surface area contributed by atoms with Gasteiger partial charge in [-0.1, -0.05) is 47.5 Å². The van der Waals surface area contributed by atoms with Crippen LogP contribution in [0.25, 0.3) is 22.8 Å². The first-order valence-corrected chi connectivity index (χ1v) is 7.05. The Kier molecular flexibility index (Phi) is 3.67. The highest BCUT2D eigenvalue weighted by atomic mass is 35.5. The number of hydrogen-bond acceptors (Lipinski definition) is 3. The normalized spacial score (nSPS) is 10.6. The molecule has 0 aliphatic carbocycles. The molecule has 0 amide bonds. The van der Waals surface area contributed by atoms with Crippen LogP contribution < -0.4 is 0 Å². The number of benzene rings is 2. The number of rotatable bonds is 2. The van der Waals surface area contributed by atoms with E-state index in [0.717, 1.165) is 11.1 Å². The molecule has 3 nitrogen and oxygen atoms in total. The third-order valence-corrected chi connectivity index (χ3v) is 3.29. The molecule has 0 fully saturated rings. The lowest BCUT2D eigenvalue weighted by Gasteiger charge is -2.06. The number of hydrogen-bond donors (Lipinski definition) is 0. The highest BCUT2D eigenvalue weighted by Crippen LogP contribution is 2.23. The molecule has 0 aliphatic heterocycles. The van der Waals surface area contributed by atoms with Gasteiger partial charge in [-0.2, -0.15) is 9.97 Å². The SMILES string of the molecule is Cc1cc(C)cc(-c2nc(Cl)nc(-c3ccccc3)n2)c1. The van der Waals surface area contributed by atoms with Crippen molar-refractivity contribution in [2.45, 2.75) is 13.8 Å². The lowest BCUT2D eigenvalue weighted by molar-refractivity contribution is 1.06. The van der Waals surface area contributed by atoms with Gasteiger partial charge in [-0.25, -0.2) is 4.98 Å². The van der Waals surface area contributed by atoms with Crippen LogP contribution in [-0.4, -0.2) is 15.0 Å². The summed E-state index contributed by atoms with van der Waals surface area (Å²) in [6.45, 7) is 4.11. The predicted molar refractivity (Wildman–Crippen MR) is 85.2 cm³/mol. The molecule has 21 heavy (non-hydrogen) atoms. The highest BCUT2D eigenvalue weighted by molar-refractivity contribution is 6.28.